The van der Waals surface area contributed by atoms with Gasteiger partial charge < -0.3 is 25.2 Å². The summed E-state index contributed by atoms with van der Waals surface area (Å²) in [5, 5.41) is 15.0. The molecular weight excluding hydrogens is 308 g/mol. The molecule has 0 bridgehead atoms. The van der Waals surface area contributed by atoms with Crippen molar-refractivity contribution in [1.29, 1.82) is 0 Å². The van der Waals surface area contributed by atoms with E-state index in [-0.39, 0.29) is 24.6 Å². The molecule has 3 rings (SSSR count). The van der Waals surface area contributed by atoms with Crippen molar-refractivity contribution in [3.63, 3.8) is 0 Å². The Hall–Kier alpha value is -2.89. The molecule has 2 aromatic carbocycles. The molecule has 0 aliphatic carbocycles. The highest BCUT2D eigenvalue weighted by atomic mass is 16.7. The predicted molar refractivity (Wildman–Crippen MR) is 90.6 cm³/mol. The lowest BCUT2D eigenvalue weighted by Crippen LogP contribution is -2.36. The molecule has 0 spiro atoms. The highest BCUT2D eigenvalue weighted by Crippen LogP contribution is 2.34. The third-order valence-corrected chi connectivity index (χ3v) is 3.81. The van der Waals surface area contributed by atoms with Gasteiger partial charge >= 0.3 is 6.03 Å². The first-order valence-corrected chi connectivity index (χ1v) is 7.85. The number of benzene rings is 2. The Labute approximate surface area is 140 Å². The molecule has 6 heteroatoms. The molecule has 2 amide bonds. The van der Waals surface area contributed by atoms with E-state index < -0.39 is 0 Å². The molecule has 0 saturated carbocycles. The number of urea groups is 1. The number of carbonyl (C=O) groups excluding carboxylic acids is 1. The van der Waals surface area contributed by atoms with Gasteiger partial charge in [0.05, 0.1) is 0 Å². The summed E-state index contributed by atoms with van der Waals surface area (Å²) in [5.41, 5.74) is 1.78. The number of phenols is 1. The molecule has 1 aliphatic rings. The smallest absolute Gasteiger partial charge is 0.319 e. The van der Waals surface area contributed by atoms with E-state index in [9.17, 15) is 9.90 Å². The van der Waals surface area contributed by atoms with Crippen LogP contribution in [0.4, 0.5) is 10.5 Å². The van der Waals surface area contributed by atoms with Crippen molar-refractivity contribution in [3.8, 4) is 17.2 Å². The van der Waals surface area contributed by atoms with Crippen molar-refractivity contribution in [2.45, 2.75) is 25.8 Å². The standard InChI is InChI=1S/C18H20N2O4/c1-12(2-3-13-4-7-15(21)8-5-13)19-18(22)20-14-6-9-16-17(10-14)24-11-23-16/h4-10,12,21H,2-3,11H2,1H3,(H2,19,20,22)/t12-/m1/s1. The number of anilines is 1. The lowest BCUT2D eigenvalue weighted by atomic mass is 10.1. The lowest BCUT2D eigenvalue weighted by Gasteiger charge is -2.15. The van der Waals surface area contributed by atoms with Gasteiger partial charge in [0.25, 0.3) is 0 Å². The first-order chi connectivity index (χ1) is 11.6. The molecule has 2 aromatic rings. The fourth-order valence-corrected chi connectivity index (χ4v) is 2.48. The van der Waals surface area contributed by atoms with Gasteiger partial charge in [-0.3, -0.25) is 0 Å². The predicted octanol–water partition coefficient (Wildman–Crippen LogP) is 3.26. The molecule has 0 fully saturated rings. The zero-order valence-electron chi connectivity index (χ0n) is 13.4. The minimum atomic E-state index is -0.257. The Balaban J connectivity index is 1.46. The summed E-state index contributed by atoms with van der Waals surface area (Å²) in [5.74, 6) is 1.57. The Morgan fingerprint density at radius 2 is 1.92 bits per heavy atom. The van der Waals surface area contributed by atoms with Crippen LogP contribution < -0.4 is 20.1 Å². The van der Waals surface area contributed by atoms with Gasteiger partial charge in [0.2, 0.25) is 6.79 Å². The van der Waals surface area contributed by atoms with Gasteiger partial charge in [0, 0.05) is 17.8 Å². The van der Waals surface area contributed by atoms with Gasteiger partial charge in [0.15, 0.2) is 11.5 Å². The average molecular weight is 328 g/mol. The number of nitrogens with one attached hydrogen (secondary N) is 2. The highest BCUT2D eigenvalue weighted by Gasteiger charge is 2.14. The molecule has 1 atom stereocenters. The van der Waals surface area contributed by atoms with E-state index in [0.717, 1.165) is 18.4 Å². The van der Waals surface area contributed by atoms with Gasteiger partial charge in [-0.2, -0.15) is 0 Å². The molecule has 0 radical (unpaired) electrons. The Morgan fingerprint density at radius 1 is 1.17 bits per heavy atom. The van der Waals surface area contributed by atoms with Crippen LogP contribution in [0.5, 0.6) is 17.2 Å². The van der Waals surface area contributed by atoms with Crippen LogP contribution in [0.2, 0.25) is 0 Å². The second-order valence-electron chi connectivity index (χ2n) is 5.77. The van der Waals surface area contributed by atoms with E-state index in [4.69, 9.17) is 9.47 Å². The Kier molecular flexibility index (Phi) is 4.74. The van der Waals surface area contributed by atoms with E-state index in [2.05, 4.69) is 10.6 Å². The van der Waals surface area contributed by atoms with Crippen LogP contribution in [0.3, 0.4) is 0 Å². The molecule has 1 heterocycles. The monoisotopic (exact) mass is 328 g/mol. The number of ether oxygens (including phenoxy) is 2. The van der Waals surface area contributed by atoms with Crippen molar-refractivity contribution in [2.75, 3.05) is 12.1 Å². The van der Waals surface area contributed by atoms with Crippen LogP contribution in [-0.2, 0) is 6.42 Å². The molecule has 6 nitrogen and oxygen atoms in total. The number of amides is 2. The van der Waals surface area contributed by atoms with Crippen molar-refractivity contribution in [2.24, 2.45) is 0 Å². The number of fused-ring (bicyclic) bond motifs is 1. The van der Waals surface area contributed by atoms with Crippen molar-refractivity contribution in [1.82, 2.24) is 5.32 Å². The maximum Gasteiger partial charge on any atom is 0.319 e. The van der Waals surface area contributed by atoms with Crippen molar-refractivity contribution >= 4 is 11.7 Å². The van der Waals surface area contributed by atoms with E-state index >= 15 is 0 Å². The zero-order valence-corrected chi connectivity index (χ0v) is 13.4. The van der Waals surface area contributed by atoms with E-state index in [1.54, 1.807) is 30.3 Å². The van der Waals surface area contributed by atoms with Gasteiger partial charge in [-0.15, -0.1) is 0 Å². The minimum absolute atomic E-state index is 0.0211. The summed E-state index contributed by atoms with van der Waals surface area (Å²) in [6.45, 7) is 2.17. The summed E-state index contributed by atoms with van der Waals surface area (Å²) in [7, 11) is 0. The van der Waals surface area contributed by atoms with Crippen LogP contribution in [0.25, 0.3) is 0 Å². The summed E-state index contributed by atoms with van der Waals surface area (Å²) >= 11 is 0. The van der Waals surface area contributed by atoms with Gasteiger partial charge in [0.1, 0.15) is 5.75 Å². The maximum atomic E-state index is 12.1. The number of hydrogen-bond donors (Lipinski definition) is 3. The zero-order chi connectivity index (χ0) is 16.9. The molecule has 0 unspecified atom stereocenters. The lowest BCUT2D eigenvalue weighted by molar-refractivity contribution is 0.174. The highest BCUT2D eigenvalue weighted by molar-refractivity contribution is 5.89. The number of aromatic hydroxyl groups is 1. The normalized spacial score (nSPS) is 13.4. The van der Waals surface area contributed by atoms with Crippen LogP contribution >= 0.6 is 0 Å². The molecular formula is C18H20N2O4. The number of hydrogen-bond acceptors (Lipinski definition) is 4. The Morgan fingerprint density at radius 3 is 2.71 bits per heavy atom. The van der Waals surface area contributed by atoms with Gasteiger partial charge in [-0.25, -0.2) is 4.79 Å². The summed E-state index contributed by atoms with van der Waals surface area (Å²) in [4.78, 5) is 12.1. The average Bonchev–Trinajstić information content (AvgIpc) is 3.02. The maximum absolute atomic E-state index is 12.1. The minimum Gasteiger partial charge on any atom is -0.508 e. The van der Waals surface area contributed by atoms with E-state index in [1.807, 2.05) is 19.1 Å². The third-order valence-electron chi connectivity index (χ3n) is 3.81. The van der Waals surface area contributed by atoms with Crippen LogP contribution in [-0.4, -0.2) is 24.0 Å². The quantitative estimate of drug-likeness (QED) is 0.787. The van der Waals surface area contributed by atoms with Gasteiger partial charge in [-0.1, -0.05) is 12.1 Å². The number of carbonyl (C=O) groups is 1. The Bertz CT molecular complexity index is 715. The van der Waals surface area contributed by atoms with E-state index in [0.29, 0.717) is 17.2 Å². The summed E-state index contributed by atoms with van der Waals surface area (Å²) in [6, 6.07) is 12.1. The fourth-order valence-electron chi connectivity index (χ4n) is 2.48. The molecule has 126 valence electrons. The molecule has 0 aromatic heterocycles. The topological polar surface area (TPSA) is 79.8 Å². The molecule has 1 aliphatic heterocycles. The summed E-state index contributed by atoms with van der Waals surface area (Å²) in [6.07, 6.45) is 1.63. The van der Waals surface area contributed by atoms with E-state index in [1.165, 1.54) is 0 Å². The van der Waals surface area contributed by atoms with Crippen molar-refractivity contribution < 1.29 is 19.4 Å². The van der Waals surface area contributed by atoms with Crippen LogP contribution in [0, 0.1) is 0 Å². The van der Waals surface area contributed by atoms with Crippen LogP contribution in [0.15, 0.2) is 42.5 Å². The molecule has 3 N–H and O–H groups in total. The largest absolute Gasteiger partial charge is 0.508 e. The number of rotatable bonds is 5. The number of aryl methyl sites for hydroxylation is 1. The molecule has 0 saturated heterocycles. The van der Waals surface area contributed by atoms with Gasteiger partial charge in [-0.05, 0) is 49.6 Å². The third kappa shape index (κ3) is 4.10. The van der Waals surface area contributed by atoms with Crippen molar-refractivity contribution in [3.05, 3.63) is 48.0 Å². The fraction of sp³-hybridized carbons (Fsp3) is 0.278. The summed E-state index contributed by atoms with van der Waals surface area (Å²) < 4.78 is 10.5. The molecule has 24 heavy (non-hydrogen) atoms. The second-order valence-corrected chi connectivity index (χ2v) is 5.77. The second kappa shape index (κ2) is 7.12. The number of phenolic OH excluding ortho intramolecular Hbond substituents is 1. The SMILES string of the molecule is C[C@H](CCc1ccc(O)cc1)NC(=O)Nc1ccc2c(c1)OCO2. The first-order valence-electron chi connectivity index (χ1n) is 7.85. The van der Waals surface area contributed by atoms with Crippen LogP contribution in [0.1, 0.15) is 18.9 Å². The first kappa shape index (κ1) is 16.0.